The first-order chi connectivity index (χ1) is 8.09. The molecule has 1 fully saturated rings. The highest BCUT2D eigenvalue weighted by Gasteiger charge is 2.30. The normalized spacial score (nSPS) is 19.6. The Bertz CT molecular complexity index is 352. The highest BCUT2D eigenvalue weighted by Crippen LogP contribution is 2.31. The van der Waals surface area contributed by atoms with E-state index in [-0.39, 0.29) is 0 Å². The van der Waals surface area contributed by atoms with E-state index in [4.69, 9.17) is 5.73 Å². The molecule has 1 aliphatic rings. The summed E-state index contributed by atoms with van der Waals surface area (Å²) in [4.78, 5) is 0. The molecule has 0 saturated heterocycles. The van der Waals surface area contributed by atoms with Crippen LogP contribution in [0.3, 0.4) is 0 Å². The number of hydrogen-bond donors (Lipinski definition) is 2. The second kappa shape index (κ2) is 5.09. The Balaban J connectivity index is 1.77. The minimum Gasteiger partial charge on any atom is -0.399 e. The average molecular weight is 232 g/mol. The quantitative estimate of drug-likeness (QED) is 0.764. The van der Waals surface area contributed by atoms with Crippen molar-refractivity contribution in [2.75, 3.05) is 12.3 Å². The lowest BCUT2D eigenvalue weighted by atomic mass is 9.78. The molecule has 1 aromatic carbocycles. The Labute approximate surface area is 105 Å². The molecule has 2 nitrogen and oxygen atoms in total. The molecule has 0 aliphatic heterocycles. The van der Waals surface area contributed by atoms with Crippen LogP contribution in [0.1, 0.15) is 51.0 Å². The van der Waals surface area contributed by atoms with E-state index in [1.165, 1.54) is 31.2 Å². The Morgan fingerprint density at radius 2 is 1.94 bits per heavy atom. The zero-order valence-corrected chi connectivity index (χ0v) is 11.0. The van der Waals surface area contributed by atoms with E-state index >= 15 is 0 Å². The van der Waals surface area contributed by atoms with Gasteiger partial charge < -0.3 is 11.1 Å². The Kier molecular flexibility index (Phi) is 3.72. The van der Waals surface area contributed by atoms with Gasteiger partial charge in [0.15, 0.2) is 0 Å². The van der Waals surface area contributed by atoms with Crippen molar-refractivity contribution >= 4 is 5.69 Å². The largest absolute Gasteiger partial charge is 0.399 e. The lowest BCUT2D eigenvalue weighted by Crippen LogP contribution is -2.48. The van der Waals surface area contributed by atoms with E-state index in [9.17, 15) is 0 Å². The third kappa shape index (κ3) is 3.22. The van der Waals surface area contributed by atoms with Crippen LogP contribution in [0.2, 0.25) is 0 Å². The van der Waals surface area contributed by atoms with E-state index in [0.717, 1.165) is 12.2 Å². The van der Waals surface area contributed by atoms with Gasteiger partial charge in [0, 0.05) is 11.2 Å². The first kappa shape index (κ1) is 12.4. The lowest BCUT2D eigenvalue weighted by Gasteiger charge is -2.39. The summed E-state index contributed by atoms with van der Waals surface area (Å²) in [5.41, 5.74) is 8.37. The van der Waals surface area contributed by atoms with E-state index < -0.39 is 0 Å². The summed E-state index contributed by atoms with van der Waals surface area (Å²) in [6, 6.07) is 8.27. The summed E-state index contributed by atoms with van der Waals surface area (Å²) >= 11 is 0. The second-order valence-electron chi connectivity index (χ2n) is 5.70. The molecule has 1 unspecified atom stereocenters. The molecule has 0 aromatic heterocycles. The van der Waals surface area contributed by atoms with Crippen LogP contribution < -0.4 is 11.1 Å². The van der Waals surface area contributed by atoms with Crippen LogP contribution in [-0.4, -0.2) is 12.1 Å². The molecular weight excluding hydrogens is 208 g/mol. The molecule has 1 aromatic rings. The van der Waals surface area contributed by atoms with Crippen LogP contribution in [0.15, 0.2) is 24.3 Å². The van der Waals surface area contributed by atoms with Crippen molar-refractivity contribution < 1.29 is 0 Å². The maximum Gasteiger partial charge on any atom is 0.0314 e. The number of rotatable bonds is 5. The van der Waals surface area contributed by atoms with Crippen molar-refractivity contribution in [1.82, 2.24) is 5.32 Å². The molecule has 0 amide bonds. The second-order valence-corrected chi connectivity index (χ2v) is 5.70. The molecule has 17 heavy (non-hydrogen) atoms. The van der Waals surface area contributed by atoms with Gasteiger partial charge in [-0.2, -0.15) is 0 Å². The fourth-order valence-corrected chi connectivity index (χ4v) is 2.47. The number of benzene rings is 1. The maximum absolute atomic E-state index is 5.70. The summed E-state index contributed by atoms with van der Waals surface area (Å²) in [5, 5.41) is 3.68. The number of nitrogens with one attached hydrogen (secondary N) is 1. The predicted octanol–water partition coefficient (Wildman–Crippen LogP) is 3.29. The molecular formula is C15H24N2. The SMILES string of the molecule is CC(CCNC1(C)CCC1)c1ccc(N)cc1. The number of hydrogen-bond acceptors (Lipinski definition) is 2. The van der Waals surface area contributed by atoms with E-state index in [1.54, 1.807) is 0 Å². The van der Waals surface area contributed by atoms with Gasteiger partial charge in [-0.1, -0.05) is 19.1 Å². The Morgan fingerprint density at radius 1 is 1.29 bits per heavy atom. The van der Waals surface area contributed by atoms with Gasteiger partial charge in [0.05, 0.1) is 0 Å². The summed E-state index contributed by atoms with van der Waals surface area (Å²) in [7, 11) is 0. The van der Waals surface area contributed by atoms with Crippen LogP contribution in [-0.2, 0) is 0 Å². The molecule has 1 aliphatic carbocycles. The molecule has 0 radical (unpaired) electrons. The van der Waals surface area contributed by atoms with Crippen molar-refractivity contribution in [2.45, 2.75) is 51.0 Å². The van der Waals surface area contributed by atoms with Crippen LogP contribution in [0.5, 0.6) is 0 Å². The van der Waals surface area contributed by atoms with Gasteiger partial charge in [-0.15, -0.1) is 0 Å². The van der Waals surface area contributed by atoms with Crippen LogP contribution >= 0.6 is 0 Å². The van der Waals surface area contributed by atoms with Gasteiger partial charge in [0.25, 0.3) is 0 Å². The summed E-state index contributed by atoms with van der Waals surface area (Å²) in [6.07, 6.45) is 5.25. The van der Waals surface area contributed by atoms with Crippen molar-refractivity contribution in [1.29, 1.82) is 0 Å². The van der Waals surface area contributed by atoms with Gasteiger partial charge in [0.2, 0.25) is 0 Å². The summed E-state index contributed by atoms with van der Waals surface area (Å²) < 4.78 is 0. The standard InChI is InChI=1S/C15H24N2/c1-12(13-4-6-14(16)7-5-13)8-11-17-15(2)9-3-10-15/h4-7,12,17H,3,8-11,16H2,1-2H3. The molecule has 3 N–H and O–H groups in total. The summed E-state index contributed by atoms with van der Waals surface area (Å²) in [6.45, 7) is 5.74. The molecule has 2 rings (SSSR count). The first-order valence-corrected chi connectivity index (χ1v) is 6.69. The smallest absolute Gasteiger partial charge is 0.0314 e. The highest BCUT2D eigenvalue weighted by atomic mass is 15.0. The molecule has 0 spiro atoms. The number of nitrogen functional groups attached to an aromatic ring is 1. The van der Waals surface area contributed by atoms with Gasteiger partial charge in [-0.25, -0.2) is 0 Å². The minimum absolute atomic E-state index is 0.431. The fourth-order valence-electron chi connectivity index (χ4n) is 2.47. The van der Waals surface area contributed by atoms with Crippen LogP contribution in [0.25, 0.3) is 0 Å². The topological polar surface area (TPSA) is 38.0 Å². The monoisotopic (exact) mass is 232 g/mol. The predicted molar refractivity (Wildman–Crippen MR) is 74.1 cm³/mol. The molecule has 0 bridgehead atoms. The Morgan fingerprint density at radius 3 is 2.47 bits per heavy atom. The number of anilines is 1. The van der Waals surface area contributed by atoms with Crippen LogP contribution in [0.4, 0.5) is 5.69 Å². The van der Waals surface area contributed by atoms with Crippen molar-refractivity contribution in [3.63, 3.8) is 0 Å². The highest BCUT2D eigenvalue weighted by molar-refractivity contribution is 5.40. The van der Waals surface area contributed by atoms with Crippen molar-refractivity contribution in [2.24, 2.45) is 0 Å². The third-order valence-electron chi connectivity index (χ3n) is 4.09. The molecule has 94 valence electrons. The third-order valence-corrected chi connectivity index (χ3v) is 4.09. The molecule has 0 heterocycles. The van der Waals surface area contributed by atoms with Gasteiger partial charge in [-0.3, -0.25) is 0 Å². The van der Waals surface area contributed by atoms with Crippen LogP contribution in [0, 0.1) is 0 Å². The van der Waals surface area contributed by atoms with Crippen molar-refractivity contribution in [3.05, 3.63) is 29.8 Å². The number of nitrogens with two attached hydrogens (primary N) is 1. The minimum atomic E-state index is 0.431. The van der Waals surface area contributed by atoms with E-state index in [0.29, 0.717) is 11.5 Å². The summed E-state index contributed by atoms with van der Waals surface area (Å²) in [5.74, 6) is 0.603. The molecule has 1 saturated carbocycles. The average Bonchev–Trinajstić information content (AvgIpc) is 2.27. The van der Waals surface area contributed by atoms with E-state index in [2.05, 4.69) is 31.3 Å². The van der Waals surface area contributed by atoms with Crippen molar-refractivity contribution in [3.8, 4) is 0 Å². The Hall–Kier alpha value is -1.02. The molecule has 1 atom stereocenters. The maximum atomic E-state index is 5.70. The van der Waals surface area contributed by atoms with Gasteiger partial charge >= 0.3 is 0 Å². The molecule has 2 heteroatoms. The fraction of sp³-hybridized carbons (Fsp3) is 0.600. The lowest BCUT2D eigenvalue weighted by molar-refractivity contribution is 0.207. The zero-order valence-electron chi connectivity index (χ0n) is 11.0. The van der Waals surface area contributed by atoms with Gasteiger partial charge in [0.1, 0.15) is 0 Å². The first-order valence-electron chi connectivity index (χ1n) is 6.69. The zero-order chi connectivity index (χ0) is 12.3. The van der Waals surface area contributed by atoms with Gasteiger partial charge in [-0.05, 0) is 62.8 Å². The van der Waals surface area contributed by atoms with E-state index in [1.807, 2.05) is 12.1 Å².